The quantitative estimate of drug-likeness (QED) is 0.521. The van der Waals surface area contributed by atoms with Gasteiger partial charge in [-0.25, -0.2) is 0 Å². The Morgan fingerprint density at radius 1 is 1.05 bits per heavy atom. The first-order valence-corrected chi connectivity index (χ1v) is 6.86. The molecular weight excluding hydrogens is 278 g/mol. The van der Waals surface area contributed by atoms with Crippen LogP contribution < -0.4 is 15.2 Å². The fourth-order valence-electron chi connectivity index (χ4n) is 2.20. The second-order valence-electron chi connectivity index (χ2n) is 4.85. The lowest BCUT2D eigenvalue weighted by molar-refractivity contribution is 0.104. The molecule has 2 rings (SSSR count). The summed E-state index contributed by atoms with van der Waals surface area (Å²) in [4.78, 5) is 12.2. The molecule has 0 aliphatic rings. The van der Waals surface area contributed by atoms with Crippen molar-refractivity contribution in [3.05, 3.63) is 59.2 Å². The molecule has 0 aliphatic heterocycles. The second-order valence-corrected chi connectivity index (χ2v) is 4.85. The van der Waals surface area contributed by atoms with E-state index in [1.165, 1.54) is 6.08 Å². The number of hydrogen-bond donors (Lipinski definition) is 1. The van der Waals surface area contributed by atoms with Crippen LogP contribution in [0, 0.1) is 6.92 Å². The van der Waals surface area contributed by atoms with Crippen molar-refractivity contribution < 1.29 is 14.3 Å². The monoisotopic (exact) mass is 297 g/mol. The summed E-state index contributed by atoms with van der Waals surface area (Å²) >= 11 is 0. The summed E-state index contributed by atoms with van der Waals surface area (Å²) in [6.45, 7) is 1.94. The van der Waals surface area contributed by atoms with E-state index in [1.54, 1.807) is 44.6 Å². The standard InChI is InChI=1S/C18H19NO3/c1-12-4-11-17(21-2)15(18(12)22-3)9-10-16(20)13-5-7-14(19)8-6-13/h4-11H,19H2,1-3H3/b10-9+. The molecule has 2 N–H and O–H groups in total. The van der Waals surface area contributed by atoms with Crippen LogP contribution in [-0.2, 0) is 0 Å². The molecule has 0 aliphatic carbocycles. The number of nitrogen functional groups attached to an aromatic ring is 1. The van der Waals surface area contributed by atoms with Crippen molar-refractivity contribution in [1.82, 2.24) is 0 Å². The Balaban J connectivity index is 2.35. The topological polar surface area (TPSA) is 61.5 Å². The summed E-state index contributed by atoms with van der Waals surface area (Å²) < 4.78 is 10.8. The van der Waals surface area contributed by atoms with Crippen molar-refractivity contribution in [2.45, 2.75) is 6.92 Å². The van der Waals surface area contributed by atoms with E-state index in [0.717, 1.165) is 11.1 Å². The number of benzene rings is 2. The molecule has 0 saturated heterocycles. The van der Waals surface area contributed by atoms with Gasteiger partial charge in [0, 0.05) is 11.3 Å². The van der Waals surface area contributed by atoms with Crippen LogP contribution in [0.15, 0.2) is 42.5 Å². The van der Waals surface area contributed by atoms with Crippen molar-refractivity contribution in [1.29, 1.82) is 0 Å². The molecule has 0 heterocycles. The first-order chi connectivity index (χ1) is 10.6. The van der Waals surface area contributed by atoms with E-state index >= 15 is 0 Å². The van der Waals surface area contributed by atoms with Gasteiger partial charge in [0.1, 0.15) is 11.5 Å². The highest BCUT2D eigenvalue weighted by Gasteiger charge is 2.11. The second kappa shape index (κ2) is 6.80. The van der Waals surface area contributed by atoms with E-state index in [1.807, 2.05) is 19.1 Å². The number of aryl methyl sites for hydroxylation is 1. The molecule has 0 spiro atoms. The highest BCUT2D eigenvalue weighted by atomic mass is 16.5. The summed E-state index contributed by atoms with van der Waals surface area (Å²) in [5.41, 5.74) is 8.55. The summed E-state index contributed by atoms with van der Waals surface area (Å²) in [5.74, 6) is 1.25. The number of allylic oxidation sites excluding steroid dienone is 1. The van der Waals surface area contributed by atoms with Gasteiger partial charge < -0.3 is 15.2 Å². The zero-order valence-electron chi connectivity index (χ0n) is 12.9. The number of anilines is 1. The molecule has 0 saturated carbocycles. The van der Waals surface area contributed by atoms with Gasteiger partial charge in [0.05, 0.1) is 19.8 Å². The largest absolute Gasteiger partial charge is 0.496 e. The maximum Gasteiger partial charge on any atom is 0.185 e. The van der Waals surface area contributed by atoms with Gasteiger partial charge in [0.15, 0.2) is 5.78 Å². The van der Waals surface area contributed by atoms with Crippen LogP contribution in [0.1, 0.15) is 21.5 Å². The molecule has 0 bridgehead atoms. The van der Waals surface area contributed by atoms with Crippen LogP contribution in [-0.4, -0.2) is 20.0 Å². The van der Waals surface area contributed by atoms with Gasteiger partial charge in [-0.3, -0.25) is 4.79 Å². The third kappa shape index (κ3) is 3.28. The number of ether oxygens (including phenoxy) is 2. The number of methoxy groups -OCH3 is 2. The molecule has 4 nitrogen and oxygen atoms in total. The summed E-state index contributed by atoms with van der Waals surface area (Å²) in [6, 6.07) is 10.6. The van der Waals surface area contributed by atoms with Crippen molar-refractivity contribution in [3.8, 4) is 11.5 Å². The minimum Gasteiger partial charge on any atom is -0.496 e. The highest BCUT2D eigenvalue weighted by molar-refractivity contribution is 6.07. The Kier molecular flexibility index (Phi) is 4.84. The van der Waals surface area contributed by atoms with Gasteiger partial charge in [-0.15, -0.1) is 0 Å². The van der Waals surface area contributed by atoms with E-state index in [4.69, 9.17) is 15.2 Å². The van der Waals surface area contributed by atoms with E-state index in [-0.39, 0.29) is 5.78 Å². The average Bonchev–Trinajstić information content (AvgIpc) is 2.53. The molecule has 0 radical (unpaired) electrons. The Labute approximate surface area is 130 Å². The summed E-state index contributed by atoms with van der Waals surface area (Å²) in [7, 11) is 3.18. The van der Waals surface area contributed by atoms with Crippen molar-refractivity contribution in [2.75, 3.05) is 20.0 Å². The van der Waals surface area contributed by atoms with E-state index in [0.29, 0.717) is 22.7 Å². The van der Waals surface area contributed by atoms with Crippen LogP contribution in [0.25, 0.3) is 6.08 Å². The lowest BCUT2D eigenvalue weighted by Gasteiger charge is -2.12. The normalized spacial score (nSPS) is 10.7. The fraction of sp³-hybridized carbons (Fsp3) is 0.167. The van der Waals surface area contributed by atoms with Crippen molar-refractivity contribution >= 4 is 17.5 Å². The Bertz CT molecular complexity index is 703. The summed E-state index contributed by atoms with van der Waals surface area (Å²) in [6.07, 6.45) is 3.22. The molecule has 0 atom stereocenters. The van der Waals surface area contributed by atoms with Crippen LogP contribution in [0.4, 0.5) is 5.69 Å². The maximum atomic E-state index is 12.2. The minimum absolute atomic E-state index is 0.106. The first kappa shape index (κ1) is 15.6. The van der Waals surface area contributed by atoms with Crippen molar-refractivity contribution in [2.24, 2.45) is 0 Å². The van der Waals surface area contributed by atoms with Crippen LogP contribution in [0.2, 0.25) is 0 Å². The average molecular weight is 297 g/mol. The Morgan fingerprint density at radius 3 is 2.32 bits per heavy atom. The lowest BCUT2D eigenvalue weighted by atomic mass is 10.1. The molecule has 2 aromatic rings. The van der Waals surface area contributed by atoms with Gasteiger partial charge in [0.2, 0.25) is 0 Å². The maximum absolute atomic E-state index is 12.2. The first-order valence-electron chi connectivity index (χ1n) is 6.86. The third-order valence-corrected chi connectivity index (χ3v) is 3.37. The van der Waals surface area contributed by atoms with Crippen LogP contribution >= 0.6 is 0 Å². The molecular formula is C18H19NO3. The molecule has 0 fully saturated rings. The molecule has 4 heteroatoms. The molecule has 0 unspecified atom stereocenters. The van der Waals surface area contributed by atoms with E-state index in [2.05, 4.69) is 0 Å². The third-order valence-electron chi connectivity index (χ3n) is 3.37. The van der Waals surface area contributed by atoms with Crippen molar-refractivity contribution in [3.63, 3.8) is 0 Å². The molecule has 0 amide bonds. The predicted molar refractivity (Wildman–Crippen MR) is 88.5 cm³/mol. The van der Waals surface area contributed by atoms with Gasteiger partial charge in [-0.05, 0) is 55.0 Å². The number of nitrogens with two attached hydrogens (primary N) is 1. The molecule has 2 aromatic carbocycles. The lowest BCUT2D eigenvalue weighted by Crippen LogP contribution is -1.97. The number of hydrogen-bond acceptors (Lipinski definition) is 4. The SMILES string of the molecule is COc1ccc(C)c(OC)c1/C=C/C(=O)c1ccc(N)cc1. The summed E-state index contributed by atoms with van der Waals surface area (Å²) in [5, 5.41) is 0. The zero-order chi connectivity index (χ0) is 16.1. The van der Waals surface area contributed by atoms with Gasteiger partial charge in [-0.2, -0.15) is 0 Å². The number of rotatable bonds is 5. The Morgan fingerprint density at radius 2 is 1.73 bits per heavy atom. The fourth-order valence-corrected chi connectivity index (χ4v) is 2.20. The number of carbonyl (C=O) groups excluding carboxylic acids is 1. The highest BCUT2D eigenvalue weighted by Crippen LogP contribution is 2.33. The predicted octanol–water partition coefficient (Wildman–Crippen LogP) is 3.49. The number of carbonyl (C=O) groups is 1. The molecule has 22 heavy (non-hydrogen) atoms. The van der Waals surface area contributed by atoms with Gasteiger partial charge in [0.25, 0.3) is 0 Å². The van der Waals surface area contributed by atoms with E-state index in [9.17, 15) is 4.79 Å². The Hall–Kier alpha value is -2.75. The number of ketones is 1. The van der Waals surface area contributed by atoms with Crippen LogP contribution in [0.5, 0.6) is 11.5 Å². The molecule has 0 aromatic heterocycles. The van der Waals surface area contributed by atoms with E-state index < -0.39 is 0 Å². The van der Waals surface area contributed by atoms with Gasteiger partial charge >= 0.3 is 0 Å². The zero-order valence-corrected chi connectivity index (χ0v) is 12.9. The van der Waals surface area contributed by atoms with Gasteiger partial charge in [-0.1, -0.05) is 6.07 Å². The van der Waals surface area contributed by atoms with Crippen LogP contribution in [0.3, 0.4) is 0 Å². The smallest absolute Gasteiger partial charge is 0.185 e. The molecule has 114 valence electrons. The minimum atomic E-state index is -0.106.